The van der Waals surface area contributed by atoms with Crippen molar-refractivity contribution >= 4 is 5.97 Å². The van der Waals surface area contributed by atoms with Gasteiger partial charge in [0.15, 0.2) is 0 Å². The molecule has 2 heteroatoms. The van der Waals surface area contributed by atoms with Crippen LogP contribution in [0.5, 0.6) is 0 Å². The molecule has 0 bridgehead atoms. The lowest BCUT2D eigenvalue weighted by Gasteiger charge is -1.91. The van der Waals surface area contributed by atoms with Crippen LogP contribution >= 0.6 is 0 Å². The monoisotopic (exact) mass is 158 g/mol. The average molecular weight is 158 g/mol. The third-order valence-electron chi connectivity index (χ3n) is 1.95. The number of hydrogen-bond donors (Lipinski definition) is 1. The lowest BCUT2D eigenvalue weighted by Crippen LogP contribution is -1.86. The molecule has 0 radical (unpaired) electrons. The Kier molecular flexibility index (Phi) is 5.90. The SMILES string of the molecule is CC1CCCC1.CCC(=O)O. The third-order valence-corrected chi connectivity index (χ3v) is 1.95. The summed E-state index contributed by atoms with van der Waals surface area (Å²) >= 11 is 0. The second kappa shape index (κ2) is 6.20. The first-order valence-electron chi connectivity index (χ1n) is 4.38. The fourth-order valence-corrected chi connectivity index (χ4v) is 1.13. The second-order valence-electron chi connectivity index (χ2n) is 3.14. The Hall–Kier alpha value is -0.530. The maximum absolute atomic E-state index is 9.37. The molecular formula is C9H18O2. The molecule has 66 valence electrons. The van der Waals surface area contributed by atoms with Crippen LogP contribution in [-0.2, 0) is 4.79 Å². The Labute approximate surface area is 68.6 Å². The van der Waals surface area contributed by atoms with E-state index in [2.05, 4.69) is 6.92 Å². The topological polar surface area (TPSA) is 37.3 Å². The van der Waals surface area contributed by atoms with Gasteiger partial charge in [-0.05, 0) is 5.92 Å². The first-order valence-corrected chi connectivity index (χ1v) is 4.38. The van der Waals surface area contributed by atoms with Gasteiger partial charge in [-0.3, -0.25) is 4.79 Å². The van der Waals surface area contributed by atoms with E-state index in [-0.39, 0.29) is 6.42 Å². The smallest absolute Gasteiger partial charge is 0.303 e. The van der Waals surface area contributed by atoms with Crippen LogP contribution in [0, 0.1) is 5.92 Å². The van der Waals surface area contributed by atoms with Crippen molar-refractivity contribution in [3.05, 3.63) is 0 Å². The minimum Gasteiger partial charge on any atom is -0.481 e. The molecule has 0 saturated heterocycles. The van der Waals surface area contributed by atoms with Gasteiger partial charge in [0, 0.05) is 6.42 Å². The summed E-state index contributed by atoms with van der Waals surface area (Å²) in [5, 5.41) is 7.72. The zero-order valence-electron chi connectivity index (χ0n) is 7.47. The predicted octanol–water partition coefficient (Wildman–Crippen LogP) is 2.68. The molecule has 1 aliphatic rings. The molecule has 0 aromatic rings. The molecule has 1 N–H and O–H groups in total. The number of carbonyl (C=O) groups is 1. The van der Waals surface area contributed by atoms with Crippen molar-refractivity contribution < 1.29 is 9.90 Å². The molecule has 0 aromatic heterocycles. The summed E-state index contributed by atoms with van der Waals surface area (Å²) in [4.78, 5) is 9.37. The van der Waals surface area contributed by atoms with Gasteiger partial charge < -0.3 is 5.11 Å². The van der Waals surface area contributed by atoms with E-state index in [9.17, 15) is 4.79 Å². The van der Waals surface area contributed by atoms with Gasteiger partial charge in [0.25, 0.3) is 0 Å². The van der Waals surface area contributed by atoms with Gasteiger partial charge in [0.05, 0.1) is 0 Å². The van der Waals surface area contributed by atoms with Crippen molar-refractivity contribution in [2.75, 3.05) is 0 Å². The van der Waals surface area contributed by atoms with Gasteiger partial charge in [-0.25, -0.2) is 0 Å². The van der Waals surface area contributed by atoms with Crippen molar-refractivity contribution in [1.82, 2.24) is 0 Å². The van der Waals surface area contributed by atoms with Crippen LogP contribution in [0.15, 0.2) is 0 Å². The molecule has 2 nitrogen and oxygen atoms in total. The Morgan fingerprint density at radius 2 is 1.82 bits per heavy atom. The Bertz CT molecular complexity index is 104. The average Bonchev–Trinajstić information content (AvgIpc) is 2.41. The van der Waals surface area contributed by atoms with Gasteiger partial charge in [0.1, 0.15) is 0 Å². The van der Waals surface area contributed by atoms with E-state index in [0.29, 0.717) is 0 Å². The van der Waals surface area contributed by atoms with Crippen molar-refractivity contribution in [2.45, 2.75) is 46.0 Å². The standard InChI is InChI=1S/C6H12.C3H6O2/c1-6-4-2-3-5-6;1-2-3(4)5/h6H,2-5H2,1H3;2H2,1H3,(H,4,5). The van der Waals surface area contributed by atoms with Crippen molar-refractivity contribution in [3.63, 3.8) is 0 Å². The van der Waals surface area contributed by atoms with Crippen LogP contribution < -0.4 is 0 Å². The maximum Gasteiger partial charge on any atom is 0.303 e. The second-order valence-corrected chi connectivity index (χ2v) is 3.14. The van der Waals surface area contributed by atoms with Gasteiger partial charge in [0.2, 0.25) is 0 Å². The van der Waals surface area contributed by atoms with Crippen LogP contribution in [0.2, 0.25) is 0 Å². The van der Waals surface area contributed by atoms with Crippen LogP contribution in [0.3, 0.4) is 0 Å². The summed E-state index contributed by atoms with van der Waals surface area (Å²) in [6.07, 6.45) is 6.17. The normalized spacial score (nSPS) is 17.3. The number of carboxylic acid groups (broad SMARTS) is 1. The summed E-state index contributed by atoms with van der Waals surface area (Å²) in [5.74, 6) is 0.301. The van der Waals surface area contributed by atoms with E-state index in [1.165, 1.54) is 25.7 Å². The molecule has 11 heavy (non-hydrogen) atoms. The third kappa shape index (κ3) is 7.37. The van der Waals surface area contributed by atoms with Crippen LogP contribution in [0.4, 0.5) is 0 Å². The van der Waals surface area contributed by atoms with E-state index in [1.54, 1.807) is 6.92 Å². The van der Waals surface area contributed by atoms with Gasteiger partial charge >= 0.3 is 5.97 Å². The maximum atomic E-state index is 9.37. The van der Waals surface area contributed by atoms with Gasteiger partial charge in [-0.15, -0.1) is 0 Å². The van der Waals surface area contributed by atoms with E-state index < -0.39 is 5.97 Å². The van der Waals surface area contributed by atoms with Crippen LogP contribution in [0.1, 0.15) is 46.0 Å². The van der Waals surface area contributed by atoms with E-state index in [0.717, 1.165) is 5.92 Å². The molecule has 0 spiro atoms. The first kappa shape index (κ1) is 10.5. The summed E-state index contributed by atoms with van der Waals surface area (Å²) in [7, 11) is 0. The quantitative estimate of drug-likeness (QED) is 0.637. The molecular weight excluding hydrogens is 140 g/mol. The fourth-order valence-electron chi connectivity index (χ4n) is 1.13. The lowest BCUT2D eigenvalue weighted by molar-refractivity contribution is -0.136. The molecule has 1 saturated carbocycles. The molecule has 0 aromatic carbocycles. The minimum absolute atomic E-state index is 0.222. The van der Waals surface area contributed by atoms with E-state index in [1.807, 2.05) is 0 Å². The highest BCUT2D eigenvalue weighted by atomic mass is 16.4. The van der Waals surface area contributed by atoms with E-state index >= 15 is 0 Å². The fraction of sp³-hybridized carbons (Fsp3) is 0.889. The van der Waals surface area contributed by atoms with Gasteiger partial charge in [-0.1, -0.05) is 39.5 Å². The molecule has 1 aliphatic carbocycles. The first-order chi connectivity index (χ1) is 5.16. The summed E-state index contributed by atoms with van der Waals surface area (Å²) in [5.41, 5.74) is 0. The molecule has 1 rings (SSSR count). The van der Waals surface area contributed by atoms with Crippen LogP contribution in [0.25, 0.3) is 0 Å². The lowest BCUT2D eigenvalue weighted by atomic mass is 10.2. The largest absolute Gasteiger partial charge is 0.481 e. The number of carboxylic acids is 1. The Morgan fingerprint density at radius 3 is 1.91 bits per heavy atom. The van der Waals surface area contributed by atoms with Crippen LogP contribution in [-0.4, -0.2) is 11.1 Å². The summed E-state index contributed by atoms with van der Waals surface area (Å²) < 4.78 is 0. The summed E-state index contributed by atoms with van der Waals surface area (Å²) in [6.45, 7) is 3.94. The zero-order valence-corrected chi connectivity index (χ0v) is 7.47. The molecule has 0 aliphatic heterocycles. The molecule has 0 unspecified atom stereocenters. The predicted molar refractivity (Wildman–Crippen MR) is 45.6 cm³/mol. The summed E-state index contributed by atoms with van der Waals surface area (Å²) in [6, 6.07) is 0. The van der Waals surface area contributed by atoms with Crippen molar-refractivity contribution in [2.24, 2.45) is 5.92 Å². The minimum atomic E-state index is -0.745. The number of rotatable bonds is 1. The highest BCUT2D eigenvalue weighted by Crippen LogP contribution is 2.22. The Morgan fingerprint density at radius 1 is 1.45 bits per heavy atom. The zero-order chi connectivity index (χ0) is 8.69. The highest BCUT2D eigenvalue weighted by Gasteiger charge is 2.07. The molecule has 0 heterocycles. The highest BCUT2D eigenvalue weighted by molar-refractivity contribution is 5.66. The number of hydrogen-bond acceptors (Lipinski definition) is 1. The molecule has 0 atom stereocenters. The van der Waals surface area contributed by atoms with E-state index in [4.69, 9.17) is 5.11 Å². The molecule has 0 amide bonds. The molecule has 1 fully saturated rings. The Balaban J connectivity index is 0.000000187. The van der Waals surface area contributed by atoms with Gasteiger partial charge in [-0.2, -0.15) is 0 Å². The number of aliphatic carboxylic acids is 1. The van der Waals surface area contributed by atoms with Crippen molar-refractivity contribution in [1.29, 1.82) is 0 Å². The van der Waals surface area contributed by atoms with Crippen molar-refractivity contribution in [3.8, 4) is 0 Å².